The molecule has 35 heavy (non-hydrogen) atoms. The number of sulfonamides is 1. The van der Waals surface area contributed by atoms with Gasteiger partial charge in [0.15, 0.2) is 10.3 Å². The maximum atomic E-state index is 12.7. The highest BCUT2D eigenvalue weighted by molar-refractivity contribution is 7.98. The van der Waals surface area contributed by atoms with Gasteiger partial charge in [0, 0.05) is 31.2 Å². The van der Waals surface area contributed by atoms with Crippen molar-refractivity contribution in [3.63, 3.8) is 0 Å². The molecule has 3 heterocycles. The topological polar surface area (TPSA) is 122 Å². The summed E-state index contributed by atoms with van der Waals surface area (Å²) in [7, 11) is -2.04. The van der Waals surface area contributed by atoms with Crippen LogP contribution in [-0.4, -0.2) is 47.9 Å². The lowest BCUT2D eigenvalue weighted by Gasteiger charge is -2.10. The lowest BCUT2D eigenvalue weighted by Crippen LogP contribution is -2.13. The molecule has 0 bridgehead atoms. The fourth-order valence-electron chi connectivity index (χ4n) is 3.05. The molecule has 0 unspecified atom stereocenters. The van der Waals surface area contributed by atoms with Crippen molar-refractivity contribution in [2.45, 2.75) is 17.0 Å². The summed E-state index contributed by atoms with van der Waals surface area (Å²) in [5.41, 5.74) is 2.30. The van der Waals surface area contributed by atoms with Crippen LogP contribution in [-0.2, 0) is 10.0 Å². The standard InChI is InChI=1S/C22H20ClN7O2S3/c1-13-18(34-22(28-13)27-12-15-11-26-21(33-3)29-20(15)24-2)14-9-17(19(23)25-10-14)30-35(31,32)16-7-5-4-6-8-16/h4-12,30H,1-3H3,(H,24,26,29)/b27-12+. The largest absolute Gasteiger partial charge is 0.372 e. The lowest BCUT2D eigenvalue weighted by molar-refractivity contribution is 0.601. The molecule has 0 fully saturated rings. The SMILES string of the molecule is CNc1nc(SC)ncc1/C=N/c1nc(C)c(-c2cnc(Cl)c(NS(=O)(=O)c3ccccc3)c2)s1. The van der Waals surface area contributed by atoms with Gasteiger partial charge in [-0.15, -0.1) is 0 Å². The van der Waals surface area contributed by atoms with Gasteiger partial charge in [-0.2, -0.15) is 0 Å². The van der Waals surface area contributed by atoms with Crippen molar-refractivity contribution in [2.75, 3.05) is 23.3 Å². The van der Waals surface area contributed by atoms with Crippen molar-refractivity contribution >= 4 is 67.6 Å². The minimum absolute atomic E-state index is 0.0435. The number of aliphatic imine (C=N–C) groups is 1. The average Bonchev–Trinajstić information content (AvgIpc) is 3.24. The van der Waals surface area contributed by atoms with E-state index in [9.17, 15) is 8.42 Å². The molecule has 0 aliphatic heterocycles. The van der Waals surface area contributed by atoms with Crippen LogP contribution in [0.5, 0.6) is 0 Å². The summed E-state index contributed by atoms with van der Waals surface area (Å²) in [6.07, 6.45) is 6.83. The Morgan fingerprint density at radius 3 is 2.63 bits per heavy atom. The van der Waals surface area contributed by atoms with Crippen LogP contribution < -0.4 is 10.0 Å². The molecule has 2 N–H and O–H groups in total. The van der Waals surface area contributed by atoms with Crippen LogP contribution in [0.2, 0.25) is 5.15 Å². The molecule has 0 radical (unpaired) electrons. The molecule has 9 nitrogen and oxygen atoms in total. The van der Waals surface area contributed by atoms with Gasteiger partial charge in [0.2, 0.25) is 5.13 Å². The minimum atomic E-state index is -3.82. The zero-order valence-electron chi connectivity index (χ0n) is 18.9. The highest BCUT2D eigenvalue weighted by Gasteiger charge is 2.18. The number of aryl methyl sites for hydroxylation is 1. The molecular weight excluding hydrogens is 526 g/mol. The number of pyridine rings is 1. The molecule has 0 saturated heterocycles. The van der Waals surface area contributed by atoms with Crippen LogP contribution in [0, 0.1) is 6.92 Å². The summed E-state index contributed by atoms with van der Waals surface area (Å²) >= 11 is 9.00. The average molecular weight is 546 g/mol. The molecule has 0 saturated carbocycles. The van der Waals surface area contributed by atoms with Gasteiger partial charge in [-0.1, -0.05) is 52.9 Å². The van der Waals surface area contributed by atoms with Crippen molar-refractivity contribution in [3.05, 3.63) is 65.2 Å². The molecular formula is C22H20ClN7O2S3. The summed E-state index contributed by atoms with van der Waals surface area (Å²) in [5, 5.41) is 4.27. The predicted octanol–water partition coefficient (Wildman–Crippen LogP) is 5.27. The van der Waals surface area contributed by atoms with E-state index in [1.54, 1.807) is 49.9 Å². The van der Waals surface area contributed by atoms with Gasteiger partial charge >= 0.3 is 0 Å². The van der Waals surface area contributed by atoms with Crippen LogP contribution in [0.25, 0.3) is 10.4 Å². The fourth-order valence-corrected chi connectivity index (χ4v) is 5.56. The second-order valence-corrected chi connectivity index (χ2v) is 10.9. The van der Waals surface area contributed by atoms with Gasteiger partial charge < -0.3 is 5.32 Å². The number of benzene rings is 1. The normalized spacial score (nSPS) is 11.7. The monoisotopic (exact) mass is 545 g/mol. The summed E-state index contributed by atoms with van der Waals surface area (Å²) in [6.45, 7) is 1.85. The first-order valence-corrected chi connectivity index (χ1v) is 14.0. The number of hydrogen-bond acceptors (Lipinski definition) is 10. The van der Waals surface area contributed by atoms with Gasteiger partial charge in [0.25, 0.3) is 10.0 Å². The second-order valence-electron chi connectivity index (χ2n) is 7.06. The van der Waals surface area contributed by atoms with Gasteiger partial charge in [-0.05, 0) is 31.4 Å². The molecule has 180 valence electrons. The number of hydrogen-bond donors (Lipinski definition) is 2. The number of thioether (sulfide) groups is 1. The highest BCUT2D eigenvalue weighted by atomic mass is 35.5. The number of rotatable bonds is 8. The first-order valence-electron chi connectivity index (χ1n) is 10.1. The molecule has 0 amide bonds. The Kier molecular flexibility index (Phi) is 7.65. The third kappa shape index (κ3) is 5.78. The lowest BCUT2D eigenvalue weighted by atomic mass is 10.2. The van der Waals surface area contributed by atoms with Crippen LogP contribution in [0.15, 0.2) is 63.8 Å². The van der Waals surface area contributed by atoms with Crippen molar-refractivity contribution < 1.29 is 8.42 Å². The number of nitrogens with one attached hydrogen (secondary N) is 2. The molecule has 3 aromatic heterocycles. The maximum Gasteiger partial charge on any atom is 0.261 e. The van der Waals surface area contributed by atoms with Crippen molar-refractivity contribution in [1.82, 2.24) is 19.9 Å². The van der Waals surface area contributed by atoms with E-state index in [0.29, 0.717) is 21.7 Å². The number of halogens is 1. The molecule has 0 aliphatic carbocycles. The Hall–Kier alpha value is -3.06. The quantitative estimate of drug-likeness (QED) is 0.133. The Bertz CT molecular complexity index is 1490. The molecule has 0 atom stereocenters. The molecule has 13 heteroatoms. The number of aromatic nitrogens is 4. The maximum absolute atomic E-state index is 12.7. The third-order valence-corrected chi connectivity index (χ3v) is 8.07. The van der Waals surface area contributed by atoms with E-state index in [0.717, 1.165) is 16.1 Å². The van der Waals surface area contributed by atoms with E-state index in [4.69, 9.17) is 11.6 Å². The molecule has 0 spiro atoms. The Labute approximate surface area is 216 Å². The Balaban J connectivity index is 1.62. The molecule has 4 rings (SSSR count). The molecule has 0 aliphatic rings. The van der Waals surface area contributed by atoms with Gasteiger partial charge in [0.1, 0.15) is 5.82 Å². The number of thiazole rings is 1. The Morgan fingerprint density at radius 2 is 1.91 bits per heavy atom. The van der Waals surface area contributed by atoms with E-state index in [1.165, 1.54) is 35.2 Å². The van der Waals surface area contributed by atoms with Crippen LogP contribution in [0.4, 0.5) is 16.6 Å². The molecule has 4 aromatic rings. The third-order valence-electron chi connectivity index (χ3n) is 4.71. The van der Waals surface area contributed by atoms with Crippen LogP contribution in [0.3, 0.4) is 0 Å². The van der Waals surface area contributed by atoms with E-state index in [-0.39, 0.29) is 15.7 Å². The fraction of sp³-hybridized carbons (Fsp3) is 0.136. The van der Waals surface area contributed by atoms with Crippen LogP contribution >= 0.6 is 34.7 Å². The summed E-state index contributed by atoms with van der Waals surface area (Å²) in [4.78, 5) is 22.8. The zero-order valence-corrected chi connectivity index (χ0v) is 22.1. The predicted molar refractivity (Wildman–Crippen MR) is 143 cm³/mol. The van der Waals surface area contributed by atoms with Crippen molar-refractivity contribution in [1.29, 1.82) is 0 Å². The second kappa shape index (κ2) is 10.7. The zero-order chi connectivity index (χ0) is 25.0. The number of nitrogens with zero attached hydrogens (tertiary/aromatic N) is 5. The van der Waals surface area contributed by atoms with E-state index in [2.05, 4.69) is 35.0 Å². The van der Waals surface area contributed by atoms with E-state index < -0.39 is 10.0 Å². The van der Waals surface area contributed by atoms with Gasteiger partial charge in [-0.3, -0.25) is 4.72 Å². The first kappa shape index (κ1) is 25.0. The summed E-state index contributed by atoms with van der Waals surface area (Å²) < 4.78 is 28.0. The number of anilines is 2. The van der Waals surface area contributed by atoms with E-state index in [1.807, 2.05) is 13.2 Å². The van der Waals surface area contributed by atoms with Crippen molar-refractivity contribution in [2.24, 2.45) is 4.99 Å². The first-order chi connectivity index (χ1) is 16.8. The van der Waals surface area contributed by atoms with Crippen LogP contribution in [0.1, 0.15) is 11.3 Å². The minimum Gasteiger partial charge on any atom is -0.372 e. The van der Waals surface area contributed by atoms with Crippen molar-refractivity contribution in [3.8, 4) is 10.4 Å². The Morgan fingerprint density at radius 1 is 1.14 bits per heavy atom. The molecule has 1 aromatic carbocycles. The van der Waals surface area contributed by atoms with Gasteiger partial charge in [0.05, 0.1) is 26.7 Å². The highest BCUT2D eigenvalue weighted by Crippen LogP contribution is 2.36. The summed E-state index contributed by atoms with van der Waals surface area (Å²) in [5.74, 6) is 0.666. The van der Waals surface area contributed by atoms with E-state index >= 15 is 0 Å². The smallest absolute Gasteiger partial charge is 0.261 e. The van der Waals surface area contributed by atoms with Gasteiger partial charge in [-0.25, -0.2) is 33.3 Å². The summed E-state index contributed by atoms with van der Waals surface area (Å²) in [6, 6.07) is 9.69.